The summed E-state index contributed by atoms with van der Waals surface area (Å²) in [5.74, 6) is 1.14. The highest BCUT2D eigenvalue weighted by molar-refractivity contribution is 5.91. The van der Waals surface area contributed by atoms with Crippen LogP contribution in [0, 0.1) is 0 Å². The molecule has 0 unspecified atom stereocenters. The van der Waals surface area contributed by atoms with Crippen molar-refractivity contribution in [3.8, 4) is 11.5 Å². The normalized spacial score (nSPS) is 16.6. The van der Waals surface area contributed by atoms with Crippen LogP contribution in [0.25, 0.3) is 22.4 Å². The van der Waals surface area contributed by atoms with Gasteiger partial charge in [-0.25, -0.2) is 0 Å². The Hall–Kier alpha value is -1.98. The maximum atomic E-state index is 6.39. The van der Waals surface area contributed by atoms with Crippen molar-refractivity contribution in [2.24, 2.45) is 5.73 Å². The van der Waals surface area contributed by atoms with E-state index in [0.717, 1.165) is 42.1 Å². The molecule has 2 N–H and O–H groups in total. The number of rotatable bonds is 2. The van der Waals surface area contributed by atoms with Gasteiger partial charge < -0.3 is 10.3 Å². The van der Waals surface area contributed by atoms with Gasteiger partial charge in [-0.1, -0.05) is 36.2 Å². The minimum atomic E-state index is -0.426. The fraction of sp³-hybridized carbons (Fsp3) is 0.312. The van der Waals surface area contributed by atoms with Crippen molar-refractivity contribution in [3.63, 3.8) is 0 Å². The molecule has 0 amide bonds. The van der Waals surface area contributed by atoms with Crippen LogP contribution in [0.5, 0.6) is 0 Å². The highest BCUT2D eigenvalue weighted by Gasteiger charge is 2.36. The monoisotopic (exact) mass is 316 g/mol. The first-order valence-corrected chi connectivity index (χ1v) is 7.23. The standard InChI is InChI=1S/C16H16N4O.ClH/c17-16(8-3-4-9-16)15-19-14(21-20-15)12-7-10-18-13-6-2-1-5-11(12)13;/h1-2,5-7,10H,3-4,8-9,17H2;1H. The maximum Gasteiger partial charge on any atom is 0.258 e. The number of pyridine rings is 1. The number of para-hydroxylation sites is 1. The van der Waals surface area contributed by atoms with E-state index in [2.05, 4.69) is 15.1 Å². The molecule has 114 valence electrons. The summed E-state index contributed by atoms with van der Waals surface area (Å²) < 4.78 is 5.47. The van der Waals surface area contributed by atoms with Crippen molar-refractivity contribution in [2.75, 3.05) is 0 Å². The molecule has 0 aliphatic heterocycles. The number of aromatic nitrogens is 3. The van der Waals surface area contributed by atoms with Gasteiger partial charge in [0, 0.05) is 11.6 Å². The van der Waals surface area contributed by atoms with Crippen LogP contribution in [0.3, 0.4) is 0 Å². The molecule has 0 atom stereocenters. The average Bonchev–Trinajstić information content (AvgIpc) is 3.16. The third-order valence-corrected chi connectivity index (χ3v) is 4.25. The zero-order valence-corrected chi connectivity index (χ0v) is 12.8. The highest BCUT2D eigenvalue weighted by Crippen LogP contribution is 2.36. The Balaban J connectivity index is 0.00000144. The number of nitrogens with zero attached hydrogens (tertiary/aromatic N) is 3. The van der Waals surface area contributed by atoms with Gasteiger partial charge in [-0.05, 0) is 25.0 Å². The lowest BCUT2D eigenvalue weighted by atomic mass is 9.98. The zero-order valence-electron chi connectivity index (χ0n) is 12.0. The summed E-state index contributed by atoms with van der Waals surface area (Å²) in [5.41, 5.74) is 7.78. The molecule has 0 radical (unpaired) electrons. The second-order valence-corrected chi connectivity index (χ2v) is 5.66. The summed E-state index contributed by atoms with van der Waals surface area (Å²) in [6.45, 7) is 0. The molecular formula is C16H17ClN4O. The van der Waals surface area contributed by atoms with Crippen molar-refractivity contribution < 1.29 is 4.52 Å². The highest BCUT2D eigenvalue weighted by atomic mass is 35.5. The van der Waals surface area contributed by atoms with Gasteiger partial charge in [0.15, 0.2) is 5.82 Å². The quantitative estimate of drug-likeness (QED) is 0.783. The number of nitrogens with two attached hydrogens (primary N) is 1. The minimum Gasteiger partial charge on any atom is -0.334 e. The van der Waals surface area contributed by atoms with Crippen LogP contribution in [0.1, 0.15) is 31.5 Å². The molecule has 1 fully saturated rings. The van der Waals surface area contributed by atoms with Crippen molar-refractivity contribution in [2.45, 2.75) is 31.2 Å². The number of hydrogen-bond acceptors (Lipinski definition) is 5. The zero-order chi connectivity index (χ0) is 14.3. The van der Waals surface area contributed by atoms with E-state index < -0.39 is 5.54 Å². The van der Waals surface area contributed by atoms with Gasteiger partial charge in [-0.15, -0.1) is 12.4 Å². The second kappa shape index (κ2) is 5.66. The molecule has 1 aliphatic rings. The van der Waals surface area contributed by atoms with Gasteiger partial charge in [0.2, 0.25) is 0 Å². The van der Waals surface area contributed by atoms with Gasteiger partial charge in [0.1, 0.15) is 0 Å². The van der Waals surface area contributed by atoms with Gasteiger partial charge in [-0.2, -0.15) is 4.98 Å². The van der Waals surface area contributed by atoms with Gasteiger partial charge in [0.05, 0.1) is 16.6 Å². The molecule has 1 aromatic carbocycles. The fourth-order valence-corrected chi connectivity index (χ4v) is 3.05. The summed E-state index contributed by atoms with van der Waals surface area (Å²) >= 11 is 0. The number of fused-ring (bicyclic) bond motifs is 1. The minimum absolute atomic E-state index is 0. The average molecular weight is 317 g/mol. The number of halogens is 1. The predicted octanol–water partition coefficient (Wildman–Crippen LogP) is 3.43. The van der Waals surface area contributed by atoms with Crippen LogP contribution >= 0.6 is 12.4 Å². The third kappa shape index (κ3) is 2.36. The van der Waals surface area contributed by atoms with Gasteiger partial charge in [-0.3, -0.25) is 4.98 Å². The number of hydrogen-bond donors (Lipinski definition) is 1. The topological polar surface area (TPSA) is 77.8 Å². The van der Waals surface area contributed by atoms with Crippen LogP contribution in [-0.2, 0) is 5.54 Å². The molecule has 0 bridgehead atoms. The molecule has 6 heteroatoms. The summed E-state index contributed by atoms with van der Waals surface area (Å²) in [6.07, 6.45) is 5.85. The Kier molecular flexibility index (Phi) is 3.85. The van der Waals surface area contributed by atoms with E-state index in [1.54, 1.807) is 6.20 Å². The van der Waals surface area contributed by atoms with Crippen molar-refractivity contribution >= 4 is 23.3 Å². The molecule has 2 heterocycles. The van der Waals surface area contributed by atoms with Gasteiger partial charge in [0.25, 0.3) is 5.89 Å². The Morgan fingerprint density at radius 2 is 1.86 bits per heavy atom. The Labute approximate surface area is 134 Å². The molecule has 3 aromatic rings. The first-order valence-electron chi connectivity index (χ1n) is 7.23. The molecule has 22 heavy (non-hydrogen) atoms. The maximum absolute atomic E-state index is 6.39. The third-order valence-electron chi connectivity index (χ3n) is 4.25. The van der Waals surface area contributed by atoms with E-state index in [1.165, 1.54) is 0 Å². The van der Waals surface area contributed by atoms with E-state index in [1.807, 2.05) is 30.3 Å². The van der Waals surface area contributed by atoms with Crippen LogP contribution in [0.2, 0.25) is 0 Å². The largest absolute Gasteiger partial charge is 0.334 e. The first-order chi connectivity index (χ1) is 10.3. The molecule has 0 saturated heterocycles. The molecule has 1 saturated carbocycles. The van der Waals surface area contributed by atoms with E-state index in [4.69, 9.17) is 10.3 Å². The lowest BCUT2D eigenvalue weighted by Crippen LogP contribution is -2.34. The van der Waals surface area contributed by atoms with Crippen molar-refractivity contribution in [3.05, 3.63) is 42.4 Å². The van der Waals surface area contributed by atoms with Crippen LogP contribution in [0.4, 0.5) is 0 Å². The lowest BCUT2D eigenvalue weighted by molar-refractivity contribution is 0.373. The van der Waals surface area contributed by atoms with Crippen LogP contribution < -0.4 is 5.73 Å². The van der Waals surface area contributed by atoms with Crippen molar-refractivity contribution in [1.82, 2.24) is 15.1 Å². The Morgan fingerprint density at radius 1 is 1.09 bits per heavy atom. The molecule has 5 nitrogen and oxygen atoms in total. The summed E-state index contributed by atoms with van der Waals surface area (Å²) in [4.78, 5) is 8.90. The summed E-state index contributed by atoms with van der Waals surface area (Å²) in [7, 11) is 0. The van der Waals surface area contributed by atoms with Crippen molar-refractivity contribution in [1.29, 1.82) is 0 Å². The van der Waals surface area contributed by atoms with E-state index in [9.17, 15) is 0 Å². The smallest absolute Gasteiger partial charge is 0.258 e. The van der Waals surface area contributed by atoms with Gasteiger partial charge >= 0.3 is 0 Å². The predicted molar refractivity (Wildman–Crippen MR) is 86.6 cm³/mol. The molecule has 2 aromatic heterocycles. The van der Waals surface area contributed by atoms with Crippen LogP contribution in [-0.4, -0.2) is 15.1 Å². The molecule has 0 spiro atoms. The Bertz CT molecular complexity index is 790. The van der Waals surface area contributed by atoms with Crippen LogP contribution in [0.15, 0.2) is 41.1 Å². The lowest BCUT2D eigenvalue weighted by Gasteiger charge is -2.17. The summed E-state index contributed by atoms with van der Waals surface area (Å²) in [6, 6.07) is 9.82. The van der Waals surface area contributed by atoms with E-state index in [0.29, 0.717) is 11.7 Å². The SMILES string of the molecule is Cl.NC1(c2noc(-c3ccnc4ccccc34)n2)CCCC1. The van der Waals surface area contributed by atoms with E-state index in [-0.39, 0.29) is 12.4 Å². The fourth-order valence-electron chi connectivity index (χ4n) is 3.05. The first kappa shape index (κ1) is 14.9. The summed E-state index contributed by atoms with van der Waals surface area (Å²) in [5, 5.41) is 5.13. The molecule has 1 aliphatic carbocycles. The molecular weight excluding hydrogens is 300 g/mol. The number of benzene rings is 1. The molecule has 4 rings (SSSR count). The van der Waals surface area contributed by atoms with E-state index >= 15 is 0 Å². The Morgan fingerprint density at radius 3 is 2.68 bits per heavy atom. The second-order valence-electron chi connectivity index (χ2n) is 5.66.